The number of fused-ring (bicyclic) bond motifs is 2. The minimum Gasteiger partial charge on any atom is -0.508 e. The van der Waals surface area contributed by atoms with E-state index in [1.54, 1.807) is 26.0 Å². The molecule has 5 nitrogen and oxygen atoms in total. The van der Waals surface area contributed by atoms with Gasteiger partial charge < -0.3 is 19.3 Å². The maximum atomic E-state index is 14.1. The molecule has 0 saturated carbocycles. The molecule has 0 bridgehead atoms. The molecule has 3 aromatic carbocycles. The van der Waals surface area contributed by atoms with Gasteiger partial charge in [0.15, 0.2) is 0 Å². The van der Waals surface area contributed by atoms with Gasteiger partial charge in [-0.3, -0.25) is 4.79 Å². The monoisotopic (exact) mass is 512 g/mol. The van der Waals surface area contributed by atoms with Crippen LogP contribution in [-0.4, -0.2) is 24.8 Å². The number of phenolic OH excluding ortho intramolecular Hbond substituents is 1. The highest BCUT2D eigenvalue weighted by molar-refractivity contribution is 5.79. The van der Waals surface area contributed by atoms with Gasteiger partial charge in [-0.15, -0.1) is 0 Å². The average molecular weight is 513 g/mol. The van der Waals surface area contributed by atoms with Crippen LogP contribution in [0.15, 0.2) is 42.5 Å². The molecule has 0 spiro atoms. The molecule has 0 amide bonds. The minimum atomic E-state index is -4.53. The van der Waals surface area contributed by atoms with Gasteiger partial charge in [0.05, 0.1) is 25.7 Å². The second-order valence-electron chi connectivity index (χ2n) is 9.64. The molecule has 5 rings (SSSR count). The van der Waals surface area contributed by atoms with Gasteiger partial charge in [0, 0.05) is 17.5 Å². The number of ether oxygens (including phenoxy) is 3. The summed E-state index contributed by atoms with van der Waals surface area (Å²) in [6.45, 7) is 3.79. The summed E-state index contributed by atoms with van der Waals surface area (Å²) in [4.78, 5) is 11.7. The van der Waals surface area contributed by atoms with Gasteiger partial charge in [-0.1, -0.05) is 12.1 Å². The molecule has 37 heavy (non-hydrogen) atoms. The van der Waals surface area contributed by atoms with Crippen molar-refractivity contribution in [1.29, 1.82) is 0 Å². The highest BCUT2D eigenvalue weighted by atomic mass is 19.4. The van der Waals surface area contributed by atoms with E-state index in [9.17, 15) is 23.1 Å². The number of carbonyl (C=O) groups is 1. The second kappa shape index (κ2) is 9.32. The lowest BCUT2D eigenvalue weighted by Gasteiger charge is -2.22. The fraction of sp³-hybridized carbons (Fsp3) is 0.345. The van der Waals surface area contributed by atoms with E-state index < -0.39 is 17.8 Å². The van der Waals surface area contributed by atoms with Crippen molar-refractivity contribution in [2.24, 2.45) is 0 Å². The molecule has 194 valence electrons. The predicted octanol–water partition coefficient (Wildman–Crippen LogP) is 6.80. The summed E-state index contributed by atoms with van der Waals surface area (Å²) in [7, 11) is 1.35. The van der Waals surface area contributed by atoms with Crippen LogP contribution in [0.3, 0.4) is 0 Å². The van der Waals surface area contributed by atoms with Gasteiger partial charge in [0.1, 0.15) is 23.4 Å². The normalized spacial score (nSPS) is 18.2. The molecule has 1 N–H and O–H groups in total. The molecule has 0 radical (unpaired) electrons. The number of benzene rings is 3. The Morgan fingerprint density at radius 1 is 1.05 bits per heavy atom. The Labute approximate surface area is 212 Å². The Balaban J connectivity index is 1.49. The Hall–Kier alpha value is -3.68. The average Bonchev–Trinajstić information content (AvgIpc) is 3.41. The Kier molecular flexibility index (Phi) is 6.30. The van der Waals surface area contributed by atoms with E-state index in [4.69, 9.17) is 14.2 Å². The third-order valence-corrected chi connectivity index (χ3v) is 7.21. The first-order valence-electron chi connectivity index (χ1n) is 12.1. The molecule has 0 aromatic heterocycles. The molecule has 0 fully saturated rings. The summed E-state index contributed by atoms with van der Waals surface area (Å²) < 4.78 is 59.2. The van der Waals surface area contributed by atoms with E-state index in [1.165, 1.54) is 25.3 Å². The molecular weight excluding hydrogens is 485 g/mol. The second-order valence-corrected chi connectivity index (χ2v) is 9.64. The summed E-state index contributed by atoms with van der Waals surface area (Å²) >= 11 is 0. The molecule has 8 heteroatoms. The summed E-state index contributed by atoms with van der Waals surface area (Å²) in [5.74, 6) is 0.803. The number of carbonyl (C=O) groups excluding carboxylic acids is 1. The lowest BCUT2D eigenvalue weighted by atomic mass is 9.86. The van der Waals surface area contributed by atoms with Gasteiger partial charge in [0.2, 0.25) is 0 Å². The lowest BCUT2D eigenvalue weighted by molar-refractivity contribution is -0.141. The minimum absolute atomic E-state index is 0.0220. The Morgan fingerprint density at radius 2 is 1.76 bits per heavy atom. The number of aromatic hydroxyl groups is 1. The van der Waals surface area contributed by atoms with E-state index in [1.807, 2.05) is 6.07 Å². The molecule has 1 heterocycles. The van der Waals surface area contributed by atoms with Crippen LogP contribution in [0.5, 0.6) is 17.2 Å². The number of esters is 1. The standard InChI is InChI=1S/C29H27F3O5/c1-15-10-18(33)11-16(2)27(15)28-22-7-9-24(21(22)6-8-23(28)29(30,31)32)37-19-4-5-20-17(12-26(34)35-3)14-36-25(20)13-19/h4-6,8,10-11,13,17,24,33H,7,9,12,14H2,1-3H3. The fourth-order valence-corrected chi connectivity index (χ4v) is 5.59. The third-order valence-electron chi connectivity index (χ3n) is 7.21. The van der Waals surface area contributed by atoms with Crippen LogP contribution >= 0.6 is 0 Å². The van der Waals surface area contributed by atoms with Crippen LogP contribution in [0.4, 0.5) is 13.2 Å². The van der Waals surface area contributed by atoms with Gasteiger partial charge in [0.25, 0.3) is 0 Å². The number of methoxy groups -OCH3 is 1. The first kappa shape index (κ1) is 25.0. The van der Waals surface area contributed by atoms with Crippen molar-refractivity contribution < 1.29 is 37.3 Å². The predicted molar refractivity (Wildman–Crippen MR) is 131 cm³/mol. The largest absolute Gasteiger partial charge is 0.508 e. The zero-order chi connectivity index (χ0) is 26.5. The van der Waals surface area contributed by atoms with Crippen LogP contribution in [-0.2, 0) is 22.1 Å². The molecule has 3 aromatic rings. The van der Waals surface area contributed by atoms with E-state index in [0.717, 1.165) is 17.2 Å². The van der Waals surface area contributed by atoms with E-state index in [2.05, 4.69) is 0 Å². The number of alkyl halides is 3. The van der Waals surface area contributed by atoms with Crippen LogP contribution in [0.1, 0.15) is 58.2 Å². The summed E-state index contributed by atoms with van der Waals surface area (Å²) in [6, 6.07) is 11.1. The van der Waals surface area contributed by atoms with Gasteiger partial charge in [-0.2, -0.15) is 13.2 Å². The van der Waals surface area contributed by atoms with Crippen molar-refractivity contribution >= 4 is 5.97 Å². The molecule has 1 aliphatic heterocycles. The zero-order valence-electron chi connectivity index (χ0n) is 20.7. The van der Waals surface area contributed by atoms with Crippen LogP contribution < -0.4 is 9.47 Å². The molecule has 1 aliphatic carbocycles. The van der Waals surface area contributed by atoms with Crippen molar-refractivity contribution in [1.82, 2.24) is 0 Å². The Bertz CT molecular complexity index is 1360. The number of halogens is 3. The number of phenols is 1. The lowest BCUT2D eigenvalue weighted by Crippen LogP contribution is -2.11. The molecule has 0 saturated heterocycles. The topological polar surface area (TPSA) is 65.0 Å². The van der Waals surface area contributed by atoms with Crippen molar-refractivity contribution in [3.05, 3.63) is 75.8 Å². The van der Waals surface area contributed by atoms with Crippen molar-refractivity contribution in [3.63, 3.8) is 0 Å². The first-order chi connectivity index (χ1) is 17.6. The maximum absolute atomic E-state index is 14.1. The Morgan fingerprint density at radius 3 is 2.43 bits per heavy atom. The van der Waals surface area contributed by atoms with E-state index >= 15 is 0 Å². The number of hydrogen-bond acceptors (Lipinski definition) is 5. The van der Waals surface area contributed by atoms with Crippen molar-refractivity contribution in [2.75, 3.05) is 13.7 Å². The van der Waals surface area contributed by atoms with E-state index in [0.29, 0.717) is 53.2 Å². The summed E-state index contributed by atoms with van der Waals surface area (Å²) in [6.07, 6.45) is -3.76. The molecular formula is C29H27F3O5. The number of rotatable bonds is 5. The van der Waals surface area contributed by atoms with Gasteiger partial charge in [-0.25, -0.2) is 0 Å². The summed E-state index contributed by atoms with van der Waals surface area (Å²) in [5, 5.41) is 9.96. The zero-order valence-corrected chi connectivity index (χ0v) is 20.7. The van der Waals surface area contributed by atoms with Crippen LogP contribution in [0.25, 0.3) is 11.1 Å². The van der Waals surface area contributed by atoms with Crippen LogP contribution in [0, 0.1) is 13.8 Å². The SMILES string of the molecule is COC(=O)CC1COc2cc(OC3CCc4c3ccc(C(F)(F)F)c4-c3c(C)cc(O)cc3C)ccc21. The fourth-order valence-electron chi connectivity index (χ4n) is 5.59. The van der Waals surface area contributed by atoms with Gasteiger partial charge in [-0.05, 0) is 84.3 Å². The number of hydrogen-bond donors (Lipinski definition) is 1. The smallest absolute Gasteiger partial charge is 0.417 e. The van der Waals surface area contributed by atoms with Crippen molar-refractivity contribution in [3.8, 4) is 28.4 Å². The molecule has 2 aliphatic rings. The van der Waals surface area contributed by atoms with E-state index in [-0.39, 0.29) is 29.6 Å². The highest BCUT2D eigenvalue weighted by Crippen LogP contribution is 2.48. The van der Waals surface area contributed by atoms with Crippen LogP contribution in [0.2, 0.25) is 0 Å². The third kappa shape index (κ3) is 4.61. The molecule has 2 atom stereocenters. The molecule has 2 unspecified atom stereocenters. The quantitative estimate of drug-likeness (QED) is 0.381. The maximum Gasteiger partial charge on any atom is 0.417 e. The van der Waals surface area contributed by atoms with Crippen molar-refractivity contribution in [2.45, 2.75) is 51.3 Å². The first-order valence-corrected chi connectivity index (χ1v) is 12.1. The highest BCUT2D eigenvalue weighted by Gasteiger charge is 2.39. The number of aryl methyl sites for hydroxylation is 2. The summed E-state index contributed by atoms with van der Waals surface area (Å²) in [5.41, 5.74) is 3.37. The van der Waals surface area contributed by atoms with Gasteiger partial charge >= 0.3 is 12.1 Å².